The average Bonchev–Trinajstić information content (AvgIpc) is 2.97. The lowest BCUT2D eigenvalue weighted by Crippen LogP contribution is -2.45. The quantitative estimate of drug-likeness (QED) is 0.828. The van der Waals surface area contributed by atoms with Gasteiger partial charge in [-0.1, -0.05) is 12.8 Å². The lowest BCUT2D eigenvalue weighted by molar-refractivity contribution is 0.106. The third kappa shape index (κ3) is 4.28. The molecule has 0 unspecified atom stereocenters. The van der Waals surface area contributed by atoms with Crippen LogP contribution < -0.4 is 10.6 Å². The molecule has 0 aromatic rings. The molecule has 6 nitrogen and oxygen atoms in total. The molecule has 1 aliphatic heterocycles. The van der Waals surface area contributed by atoms with E-state index in [2.05, 4.69) is 10.6 Å². The first kappa shape index (κ1) is 14.9. The van der Waals surface area contributed by atoms with Crippen LogP contribution in [0.3, 0.4) is 0 Å². The summed E-state index contributed by atoms with van der Waals surface area (Å²) in [6, 6.07) is 0.309. The van der Waals surface area contributed by atoms with Crippen molar-refractivity contribution in [3.8, 4) is 0 Å². The molecule has 0 spiro atoms. The van der Waals surface area contributed by atoms with Crippen molar-refractivity contribution in [3.05, 3.63) is 0 Å². The third-order valence-corrected chi connectivity index (χ3v) is 4.29. The molecule has 1 saturated carbocycles. The standard InChI is InChI=1S/C14H25N3O3/c1-20-14(19)17-8-6-11(7-9-17)10-15-13(18)16-12-4-2-3-5-12/h11-12H,2-10H2,1H3,(H2,15,16,18). The second kappa shape index (κ2) is 7.36. The maximum absolute atomic E-state index is 11.8. The number of methoxy groups -OCH3 is 1. The van der Waals surface area contributed by atoms with Crippen LogP contribution in [0.25, 0.3) is 0 Å². The Balaban J connectivity index is 1.60. The summed E-state index contributed by atoms with van der Waals surface area (Å²) < 4.78 is 4.70. The Kier molecular flexibility index (Phi) is 5.49. The van der Waals surface area contributed by atoms with Gasteiger partial charge in [-0.15, -0.1) is 0 Å². The van der Waals surface area contributed by atoms with Crippen LogP contribution in [0.5, 0.6) is 0 Å². The molecule has 2 rings (SSSR count). The Labute approximate surface area is 120 Å². The van der Waals surface area contributed by atoms with Crippen LogP contribution in [0.15, 0.2) is 0 Å². The van der Waals surface area contributed by atoms with Gasteiger partial charge in [0.05, 0.1) is 7.11 Å². The van der Waals surface area contributed by atoms with Crippen molar-refractivity contribution in [1.82, 2.24) is 15.5 Å². The van der Waals surface area contributed by atoms with E-state index in [1.165, 1.54) is 20.0 Å². The molecule has 1 heterocycles. The van der Waals surface area contributed by atoms with Crippen molar-refractivity contribution in [3.63, 3.8) is 0 Å². The highest BCUT2D eigenvalue weighted by molar-refractivity contribution is 5.74. The van der Waals surface area contributed by atoms with Crippen LogP contribution in [0.4, 0.5) is 9.59 Å². The van der Waals surface area contributed by atoms with Crippen LogP contribution in [0, 0.1) is 5.92 Å². The first-order chi connectivity index (χ1) is 9.69. The monoisotopic (exact) mass is 283 g/mol. The Morgan fingerprint density at radius 1 is 1.15 bits per heavy atom. The van der Waals surface area contributed by atoms with Crippen molar-refractivity contribution < 1.29 is 14.3 Å². The molecule has 0 aromatic heterocycles. The lowest BCUT2D eigenvalue weighted by atomic mass is 9.97. The number of likely N-dealkylation sites (tertiary alicyclic amines) is 1. The zero-order valence-corrected chi connectivity index (χ0v) is 12.2. The number of hydrogen-bond acceptors (Lipinski definition) is 3. The topological polar surface area (TPSA) is 70.7 Å². The molecule has 114 valence electrons. The molecule has 2 N–H and O–H groups in total. The van der Waals surface area contributed by atoms with Crippen molar-refractivity contribution in [2.45, 2.75) is 44.6 Å². The summed E-state index contributed by atoms with van der Waals surface area (Å²) >= 11 is 0. The number of ether oxygens (including phenoxy) is 1. The minimum Gasteiger partial charge on any atom is -0.453 e. The van der Waals surface area contributed by atoms with Crippen LogP contribution in [0.1, 0.15) is 38.5 Å². The molecule has 0 radical (unpaired) electrons. The summed E-state index contributed by atoms with van der Waals surface area (Å²) in [6.07, 6.45) is 6.22. The summed E-state index contributed by atoms with van der Waals surface area (Å²) in [5, 5.41) is 5.97. The maximum atomic E-state index is 11.8. The predicted octanol–water partition coefficient (Wildman–Crippen LogP) is 1.71. The van der Waals surface area contributed by atoms with Crippen molar-refractivity contribution in [2.75, 3.05) is 26.7 Å². The van der Waals surface area contributed by atoms with E-state index in [0.717, 1.165) is 25.7 Å². The van der Waals surface area contributed by atoms with Gasteiger partial charge in [-0.25, -0.2) is 9.59 Å². The second-order valence-corrected chi connectivity index (χ2v) is 5.74. The predicted molar refractivity (Wildman–Crippen MR) is 75.5 cm³/mol. The fraction of sp³-hybridized carbons (Fsp3) is 0.857. The lowest BCUT2D eigenvalue weighted by Gasteiger charge is -2.31. The summed E-state index contributed by atoms with van der Waals surface area (Å²) in [6.45, 7) is 2.11. The molecule has 3 amide bonds. The van der Waals surface area contributed by atoms with Gasteiger partial charge in [0, 0.05) is 25.7 Å². The van der Waals surface area contributed by atoms with Gasteiger partial charge in [-0.2, -0.15) is 0 Å². The highest BCUT2D eigenvalue weighted by atomic mass is 16.5. The second-order valence-electron chi connectivity index (χ2n) is 5.74. The van der Waals surface area contributed by atoms with Gasteiger partial charge in [0.25, 0.3) is 0 Å². The summed E-state index contributed by atoms with van der Waals surface area (Å²) in [5.41, 5.74) is 0. The van der Waals surface area contributed by atoms with E-state index in [4.69, 9.17) is 4.74 Å². The first-order valence-electron chi connectivity index (χ1n) is 7.56. The van der Waals surface area contributed by atoms with E-state index in [1.807, 2.05) is 0 Å². The van der Waals surface area contributed by atoms with Crippen LogP contribution in [-0.4, -0.2) is 49.8 Å². The van der Waals surface area contributed by atoms with E-state index in [1.54, 1.807) is 4.90 Å². The first-order valence-corrected chi connectivity index (χ1v) is 7.56. The van der Waals surface area contributed by atoms with E-state index in [-0.39, 0.29) is 12.1 Å². The fourth-order valence-electron chi connectivity index (χ4n) is 2.99. The van der Waals surface area contributed by atoms with Crippen LogP contribution in [0.2, 0.25) is 0 Å². The Hall–Kier alpha value is -1.46. The number of amides is 3. The van der Waals surface area contributed by atoms with Crippen molar-refractivity contribution >= 4 is 12.1 Å². The number of rotatable bonds is 3. The number of carbonyl (C=O) groups is 2. The van der Waals surface area contributed by atoms with Crippen molar-refractivity contribution in [1.29, 1.82) is 0 Å². The Morgan fingerprint density at radius 3 is 2.40 bits per heavy atom. The molecule has 1 aliphatic carbocycles. The molecule has 0 atom stereocenters. The van der Waals surface area contributed by atoms with Crippen LogP contribution in [-0.2, 0) is 4.74 Å². The number of nitrogens with zero attached hydrogens (tertiary/aromatic N) is 1. The minimum absolute atomic E-state index is 0.0488. The smallest absolute Gasteiger partial charge is 0.409 e. The van der Waals surface area contributed by atoms with E-state index in [0.29, 0.717) is 31.6 Å². The molecular formula is C14H25N3O3. The number of hydrogen-bond donors (Lipinski definition) is 2. The zero-order valence-electron chi connectivity index (χ0n) is 12.2. The highest BCUT2D eigenvalue weighted by Crippen LogP contribution is 2.18. The highest BCUT2D eigenvalue weighted by Gasteiger charge is 2.24. The minimum atomic E-state index is -0.254. The van der Waals surface area contributed by atoms with Gasteiger partial charge >= 0.3 is 12.1 Å². The molecule has 2 fully saturated rings. The van der Waals surface area contributed by atoms with Gasteiger partial charge in [-0.05, 0) is 31.6 Å². The van der Waals surface area contributed by atoms with Gasteiger partial charge in [0.2, 0.25) is 0 Å². The fourth-order valence-corrected chi connectivity index (χ4v) is 2.99. The number of urea groups is 1. The average molecular weight is 283 g/mol. The largest absolute Gasteiger partial charge is 0.453 e. The molecule has 0 bridgehead atoms. The maximum Gasteiger partial charge on any atom is 0.409 e. The zero-order chi connectivity index (χ0) is 14.4. The Morgan fingerprint density at radius 2 is 1.80 bits per heavy atom. The normalized spacial score (nSPS) is 20.8. The molecular weight excluding hydrogens is 258 g/mol. The van der Waals surface area contributed by atoms with E-state index in [9.17, 15) is 9.59 Å². The van der Waals surface area contributed by atoms with Gasteiger partial charge in [0.1, 0.15) is 0 Å². The van der Waals surface area contributed by atoms with E-state index >= 15 is 0 Å². The summed E-state index contributed by atoms with van der Waals surface area (Å²) in [5.74, 6) is 0.449. The molecule has 1 saturated heterocycles. The van der Waals surface area contributed by atoms with Gasteiger partial charge in [-0.3, -0.25) is 0 Å². The van der Waals surface area contributed by atoms with Gasteiger partial charge < -0.3 is 20.3 Å². The third-order valence-electron chi connectivity index (χ3n) is 4.29. The summed E-state index contributed by atoms with van der Waals surface area (Å²) in [4.78, 5) is 24.8. The molecule has 20 heavy (non-hydrogen) atoms. The number of nitrogens with one attached hydrogen (secondary N) is 2. The molecule has 0 aromatic carbocycles. The van der Waals surface area contributed by atoms with E-state index < -0.39 is 0 Å². The Bertz CT molecular complexity index is 335. The summed E-state index contributed by atoms with van der Waals surface area (Å²) in [7, 11) is 1.41. The molecule has 6 heteroatoms. The van der Waals surface area contributed by atoms with Gasteiger partial charge in [0.15, 0.2) is 0 Å². The number of piperidine rings is 1. The SMILES string of the molecule is COC(=O)N1CCC(CNC(=O)NC2CCCC2)CC1. The van der Waals surface area contributed by atoms with Crippen LogP contribution >= 0.6 is 0 Å². The van der Waals surface area contributed by atoms with Crippen molar-refractivity contribution in [2.24, 2.45) is 5.92 Å². The molecule has 2 aliphatic rings. The number of carbonyl (C=O) groups excluding carboxylic acids is 2.